The molecule has 21 heavy (non-hydrogen) atoms. The largest absolute Gasteiger partial charge is 0.462 e. The molecule has 0 saturated heterocycles. The van der Waals surface area contributed by atoms with Crippen molar-refractivity contribution in [3.8, 4) is 0 Å². The van der Waals surface area contributed by atoms with E-state index in [1.54, 1.807) is 0 Å². The number of ether oxygens (including phenoxy) is 2. The Balaban J connectivity index is 1.65. The molecule has 2 saturated carbocycles. The Labute approximate surface area is 127 Å². The fourth-order valence-corrected chi connectivity index (χ4v) is 3.23. The van der Waals surface area contributed by atoms with Gasteiger partial charge in [0.2, 0.25) is 0 Å². The van der Waals surface area contributed by atoms with Crippen molar-refractivity contribution in [2.24, 2.45) is 23.2 Å². The number of hydrogen-bond acceptors (Lipinski definition) is 4. The van der Waals surface area contributed by atoms with Crippen LogP contribution in [-0.2, 0) is 19.1 Å². The first-order valence-electron chi connectivity index (χ1n) is 8.22. The molecule has 4 nitrogen and oxygen atoms in total. The van der Waals surface area contributed by atoms with Crippen LogP contribution >= 0.6 is 0 Å². The van der Waals surface area contributed by atoms with E-state index in [-0.39, 0.29) is 37.0 Å². The maximum Gasteiger partial charge on any atom is 0.309 e. The molecule has 2 fully saturated rings. The average Bonchev–Trinajstić information content (AvgIpc) is 3.25. The predicted octanol–water partition coefficient (Wildman–Crippen LogP) is 3.34. The molecule has 0 heterocycles. The first-order valence-corrected chi connectivity index (χ1v) is 8.22. The van der Waals surface area contributed by atoms with E-state index in [1.807, 2.05) is 6.92 Å². The van der Waals surface area contributed by atoms with E-state index in [0.29, 0.717) is 11.3 Å². The van der Waals surface area contributed by atoms with Gasteiger partial charge in [0.15, 0.2) is 0 Å². The highest BCUT2D eigenvalue weighted by Gasteiger charge is 2.34. The van der Waals surface area contributed by atoms with Crippen molar-refractivity contribution in [1.29, 1.82) is 0 Å². The van der Waals surface area contributed by atoms with Crippen LogP contribution in [0.2, 0.25) is 0 Å². The molecule has 2 atom stereocenters. The lowest BCUT2D eigenvalue weighted by molar-refractivity contribution is -0.157. The Bertz CT molecular complexity index is 384. The normalized spacial score (nSPS) is 26.0. The summed E-state index contributed by atoms with van der Waals surface area (Å²) in [6, 6.07) is 0. The first kappa shape index (κ1) is 16.3. The van der Waals surface area contributed by atoms with Crippen molar-refractivity contribution in [2.75, 3.05) is 13.2 Å². The number of carbonyl (C=O) groups is 2. The van der Waals surface area contributed by atoms with Crippen molar-refractivity contribution in [1.82, 2.24) is 0 Å². The van der Waals surface area contributed by atoms with E-state index in [9.17, 15) is 9.59 Å². The fraction of sp³-hybridized carbons (Fsp3) is 0.882. The van der Waals surface area contributed by atoms with Gasteiger partial charge in [-0.1, -0.05) is 27.2 Å². The Hall–Kier alpha value is -1.06. The van der Waals surface area contributed by atoms with Crippen molar-refractivity contribution < 1.29 is 19.1 Å². The van der Waals surface area contributed by atoms with E-state index in [2.05, 4.69) is 13.8 Å². The number of carbonyl (C=O) groups excluding carboxylic acids is 2. The number of esters is 2. The smallest absolute Gasteiger partial charge is 0.309 e. The van der Waals surface area contributed by atoms with E-state index >= 15 is 0 Å². The van der Waals surface area contributed by atoms with Gasteiger partial charge in [-0.25, -0.2) is 0 Å². The highest BCUT2D eigenvalue weighted by molar-refractivity contribution is 5.75. The third-order valence-corrected chi connectivity index (χ3v) is 4.80. The predicted molar refractivity (Wildman–Crippen MR) is 79.5 cm³/mol. The van der Waals surface area contributed by atoms with Gasteiger partial charge in [-0.05, 0) is 43.4 Å². The van der Waals surface area contributed by atoms with Gasteiger partial charge < -0.3 is 9.47 Å². The summed E-state index contributed by atoms with van der Waals surface area (Å²) in [6.07, 6.45) is 6.49. The Morgan fingerprint density at radius 3 is 2.43 bits per heavy atom. The van der Waals surface area contributed by atoms with Gasteiger partial charge in [0.25, 0.3) is 0 Å². The minimum absolute atomic E-state index is 0.0660. The van der Waals surface area contributed by atoms with Crippen molar-refractivity contribution in [2.45, 2.75) is 59.3 Å². The molecule has 2 rings (SSSR count). The van der Waals surface area contributed by atoms with Crippen LogP contribution < -0.4 is 0 Å². The molecule has 0 N–H and O–H groups in total. The van der Waals surface area contributed by atoms with Crippen molar-refractivity contribution in [3.63, 3.8) is 0 Å². The Morgan fingerprint density at radius 2 is 1.81 bits per heavy atom. The standard InChI is InChI=1S/C17H28O4/c1-12(14-5-4-8-17(2,3)11-14)15(18)20-9-10-21-16(19)13-6-7-13/h12-14H,4-11H2,1-3H3. The van der Waals surface area contributed by atoms with Gasteiger partial charge in [0.05, 0.1) is 11.8 Å². The molecular formula is C17H28O4. The zero-order valence-electron chi connectivity index (χ0n) is 13.5. The SMILES string of the molecule is CC(C(=O)OCCOC(=O)C1CC1)C1CCCC(C)(C)C1. The number of rotatable bonds is 6. The van der Waals surface area contributed by atoms with Crippen LogP contribution in [-0.4, -0.2) is 25.2 Å². The molecule has 0 aromatic heterocycles. The highest BCUT2D eigenvalue weighted by atomic mass is 16.6. The second kappa shape index (κ2) is 6.80. The number of hydrogen-bond donors (Lipinski definition) is 0. The topological polar surface area (TPSA) is 52.6 Å². The van der Waals surface area contributed by atoms with E-state index in [1.165, 1.54) is 12.8 Å². The van der Waals surface area contributed by atoms with Crippen LogP contribution in [0, 0.1) is 23.2 Å². The van der Waals surface area contributed by atoms with Crippen molar-refractivity contribution in [3.05, 3.63) is 0 Å². The lowest BCUT2D eigenvalue weighted by Crippen LogP contribution is -2.31. The molecule has 0 aromatic carbocycles. The lowest BCUT2D eigenvalue weighted by Gasteiger charge is -2.37. The molecule has 0 aliphatic heterocycles. The summed E-state index contributed by atoms with van der Waals surface area (Å²) in [5, 5.41) is 0. The summed E-state index contributed by atoms with van der Waals surface area (Å²) in [4.78, 5) is 23.4. The third-order valence-electron chi connectivity index (χ3n) is 4.80. The average molecular weight is 296 g/mol. The first-order chi connectivity index (χ1) is 9.89. The van der Waals surface area contributed by atoms with Gasteiger partial charge in [-0.3, -0.25) is 9.59 Å². The lowest BCUT2D eigenvalue weighted by atomic mass is 9.68. The van der Waals surface area contributed by atoms with Crippen LogP contribution in [0.3, 0.4) is 0 Å². The molecule has 0 amide bonds. The minimum atomic E-state index is -0.153. The Morgan fingerprint density at radius 1 is 1.14 bits per heavy atom. The van der Waals surface area contributed by atoms with Crippen LogP contribution in [0.4, 0.5) is 0 Å². The molecule has 2 aliphatic carbocycles. The van der Waals surface area contributed by atoms with Gasteiger partial charge in [-0.2, -0.15) is 0 Å². The molecule has 120 valence electrons. The van der Waals surface area contributed by atoms with Crippen LogP contribution in [0.15, 0.2) is 0 Å². The van der Waals surface area contributed by atoms with Gasteiger partial charge >= 0.3 is 11.9 Å². The fourth-order valence-electron chi connectivity index (χ4n) is 3.23. The minimum Gasteiger partial charge on any atom is -0.462 e. The zero-order valence-corrected chi connectivity index (χ0v) is 13.5. The van der Waals surface area contributed by atoms with Gasteiger partial charge in [-0.15, -0.1) is 0 Å². The quantitative estimate of drug-likeness (QED) is 0.557. The summed E-state index contributed by atoms with van der Waals surface area (Å²) in [5.41, 5.74) is 0.331. The van der Waals surface area contributed by atoms with E-state index in [4.69, 9.17) is 9.47 Å². The van der Waals surface area contributed by atoms with Crippen LogP contribution in [0.25, 0.3) is 0 Å². The van der Waals surface area contributed by atoms with Crippen LogP contribution in [0.1, 0.15) is 59.3 Å². The molecule has 2 aliphatic rings. The third kappa shape index (κ3) is 5.01. The zero-order chi connectivity index (χ0) is 15.5. The maximum atomic E-state index is 12.1. The molecular weight excluding hydrogens is 268 g/mol. The second-order valence-electron chi connectivity index (χ2n) is 7.42. The van der Waals surface area contributed by atoms with E-state index < -0.39 is 0 Å². The maximum absolute atomic E-state index is 12.1. The molecule has 2 unspecified atom stereocenters. The molecule has 0 aromatic rings. The summed E-state index contributed by atoms with van der Waals surface area (Å²) in [7, 11) is 0. The monoisotopic (exact) mass is 296 g/mol. The molecule has 4 heteroatoms. The van der Waals surface area contributed by atoms with Gasteiger partial charge in [0.1, 0.15) is 13.2 Å². The Kier molecular flexibility index (Phi) is 5.28. The molecule has 0 radical (unpaired) electrons. The van der Waals surface area contributed by atoms with Gasteiger partial charge in [0, 0.05) is 0 Å². The summed E-state index contributed by atoms with van der Waals surface area (Å²) < 4.78 is 10.3. The molecule has 0 bridgehead atoms. The summed E-state index contributed by atoms with van der Waals surface area (Å²) >= 11 is 0. The summed E-state index contributed by atoms with van der Waals surface area (Å²) in [5.74, 6) is 0.149. The summed E-state index contributed by atoms with van der Waals surface area (Å²) in [6.45, 7) is 6.87. The molecule has 0 spiro atoms. The van der Waals surface area contributed by atoms with Crippen LogP contribution in [0.5, 0.6) is 0 Å². The second-order valence-corrected chi connectivity index (χ2v) is 7.42. The highest BCUT2D eigenvalue weighted by Crippen LogP contribution is 2.41. The van der Waals surface area contributed by atoms with E-state index in [0.717, 1.165) is 25.7 Å². The van der Waals surface area contributed by atoms with Crippen molar-refractivity contribution >= 4 is 11.9 Å².